The minimum absolute atomic E-state index is 0.0110. The minimum Gasteiger partial charge on any atom is -0.388 e. The van der Waals surface area contributed by atoms with Gasteiger partial charge in [0.05, 0.1) is 12.0 Å². The Morgan fingerprint density at radius 2 is 1.95 bits per heavy atom. The Bertz CT molecular complexity index is 455. The summed E-state index contributed by atoms with van der Waals surface area (Å²) in [7, 11) is 1.74. The molecule has 1 aliphatic heterocycles. The number of aliphatic hydroxyl groups is 1. The third kappa shape index (κ3) is 4.23. The van der Waals surface area contributed by atoms with Crippen molar-refractivity contribution in [2.45, 2.75) is 29.8 Å². The second-order valence-electron chi connectivity index (χ2n) is 5.43. The first-order chi connectivity index (χ1) is 9.48. The number of hydrogen-bond donors (Lipinski definition) is 2. The van der Waals surface area contributed by atoms with Crippen LogP contribution in [0.3, 0.4) is 0 Å². The van der Waals surface area contributed by atoms with E-state index in [9.17, 15) is 9.90 Å². The zero-order valence-corrected chi connectivity index (χ0v) is 12.6. The summed E-state index contributed by atoms with van der Waals surface area (Å²) in [4.78, 5) is 14.7. The fraction of sp³-hybridized carbons (Fsp3) is 0.533. The lowest BCUT2D eigenvalue weighted by atomic mass is 9.94. The summed E-state index contributed by atoms with van der Waals surface area (Å²) in [5.41, 5.74) is 0.149. The molecule has 0 spiro atoms. The number of nitrogens with zero attached hydrogens (tertiary/aromatic N) is 1. The lowest BCUT2D eigenvalue weighted by Gasteiger charge is -2.35. The van der Waals surface area contributed by atoms with Gasteiger partial charge in [0.15, 0.2) is 0 Å². The second kappa shape index (κ2) is 6.61. The molecule has 1 aromatic rings. The average molecular weight is 295 g/mol. The van der Waals surface area contributed by atoms with Crippen LogP contribution in [-0.4, -0.2) is 48.3 Å². The number of ether oxygens (including phenoxy) is 1. The van der Waals surface area contributed by atoms with Gasteiger partial charge in [-0.1, -0.05) is 12.1 Å². The zero-order valence-electron chi connectivity index (χ0n) is 11.7. The van der Waals surface area contributed by atoms with Gasteiger partial charge in [0.25, 0.3) is 0 Å². The molecule has 1 heterocycles. The Labute approximate surface area is 125 Å². The molecular formula is C15H21NO3S. The van der Waals surface area contributed by atoms with Crippen LogP contribution in [0.15, 0.2) is 29.2 Å². The van der Waals surface area contributed by atoms with Crippen LogP contribution in [0.25, 0.3) is 0 Å². The van der Waals surface area contributed by atoms with Crippen LogP contribution in [0.4, 0.5) is 0 Å². The maximum Gasteiger partial charge on any atom is 0.226 e. The summed E-state index contributed by atoms with van der Waals surface area (Å²) in [5, 5.41) is 10.4. The number of hydrogen-bond acceptors (Lipinski definition) is 4. The lowest BCUT2D eigenvalue weighted by molar-refractivity contribution is -0.136. The number of thiol groups is 1. The van der Waals surface area contributed by atoms with Gasteiger partial charge < -0.3 is 14.7 Å². The Morgan fingerprint density at radius 3 is 2.55 bits per heavy atom. The molecule has 1 saturated heterocycles. The Hall–Kier alpha value is -1.04. The molecule has 1 amide bonds. The number of carbonyl (C=O) groups excluding carboxylic acids is 1. The van der Waals surface area contributed by atoms with Crippen molar-refractivity contribution in [3.8, 4) is 0 Å². The maximum atomic E-state index is 12.2. The molecule has 0 bridgehead atoms. The monoisotopic (exact) mass is 295 g/mol. The summed E-state index contributed by atoms with van der Waals surface area (Å²) < 4.78 is 5.24. The molecule has 0 aliphatic carbocycles. The van der Waals surface area contributed by atoms with Crippen molar-refractivity contribution >= 4 is 18.5 Å². The van der Waals surface area contributed by atoms with Crippen LogP contribution in [0.2, 0.25) is 0 Å². The van der Waals surface area contributed by atoms with Gasteiger partial charge in [0.2, 0.25) is 5.91 Å². The molecule has 0 atom stereocenters. The van der Waals surface area contributed by atoms with Crippen molar-refractivity contribution in [3.05, 3.63) is 29.8 Å². The van der Waals surface area contributed by atoms with Crippen LogP contribution >= 0.6 is 12.6 Å². The van der Waals surface area contributed by atoms with Gasteiger partial charge in [0, 0.05) is 44.5 Å². The molecule has 0 aromatic heterocycles. The smallest absolute Gasteiger partial charge is 0.226 e. The topological polar surface area (TPSA) is 49.8 Å². The van der Waals surface area contributed by atoms with E-state index in [0.29, 0.717) is 39.0 Å². The Kier molecular flexibility index (Phi) is 5.07. The molecule has 1 aromatic carbocycles. The molecule has 1 fully saturated rings. The molecule has 0 unspecified atom stereocenters. The van der Waals surface area contributed by atoms with Crippen LogP contribution in [-0.2, 0) is 16.0 Å². The summed E-state index contributed by atoms with van der Waals surface area (Å²) >= 11 is 4.22. The van der Waals surface area contributed by atoms with Crippen LogP contribution in [0.1, 0.15) is 18.4 Å². The molecule has 2 rings (SSSR count). The highest BCUT2D eigenvalue weighted by molar-refractivity contribution is 7.80. The normalized spacial score (nSPS) is 17.8. The largest absolute Gasteiger partial charge is 0.388 e. The molecule has 4 nitrogen and oxygen atoms in total. The van der Waals surface area contributed by atoms with Crippen molar-refractivity contribution in [2.24, 2.45) is 0 Å². The summed E-state index contributed by atoms with van der Waals surface area (Å²) in [5.74, 6) is 0.0110. The maximum absolute atomic E-state index is 12.2. The van der Waals surface area contributed by atoms with Crippen molar-refractivity contribution in [1.82, 2.24) is 4.90 Å². The Balaban J connectivity index is 1.89. The lowest BCUT2D eigenvalue weighted by Crippen LogP contribution is -2.47. The summed E-state index contributed by atoms with van der Waals surface area (Å²) in [6.07, 6.45) is 1.51. The molecule has 0 saturated carbocycles. The minimum atomic E-state index is -0.808. The number of likely N-dealkylation sites (N-methyl/N-ethyl adjacent to an activating group) is 1. The first kappa shape index (κ1) is 15.4. The molecule has 110 valence electrons. The van der Waals surface area contributed by atoms with Crippen molar-refractivity contribution in [2.75, 3.05) is 26.8 Å². The highest BCUT2D eigenvalue weighted by Gasteiger charge is 2.32. The first-order valence-electron chi connectivity index (χ1n) is 6.80. The molecule has 5 heteroatoms. The standard InChI is InChI=1S/C15H21NO3S/c1-16(11-15(18)6-8-19-9-7-15)14(17)10-12-2-4-13(20)5-3-12/h2-5,18,20H,6-11H2,1H3. The molecular weight excluding hydrogens is 274 g/mol. The Morgan fingerprint density at radius 1 is 1.35 bits per heavy atom. The highest BCUT2D eigenvalue weighted by atomic mass is 32.1. The van der Waals surface area contributed by atoms with Crippen LogP contribution in [0.5, 0.6) is 0 Å². The van der Waals surface area contributed by atoms with Gasteiger partial charge in [-0.3, -0.25) is 4.79 Å². The molecule has 1 N–H and O–H groups in total. The van der Waals surface area contributed by atoms with Gasteiger partial charge in [-0.15, -0.1) is 12.6 Å². The number of amides is 1. The van der Waals surface area contributed by atoms with E-state index in [1.807, 2.05) is 24.3 Å². The van der Waals surface area contributed by atoms with Gasteiger partial charge in [-0.25, -0.2) is 0 Å². The second-order valence-corrected chi connectivity index (χ2v) is 5.95. The van der Waals surface area contributed by atoms with Gasteiger partial charge >= 0.3 is 0 Å². The third-order valence-corrected chi connectivity index (χ3v) is 3.97. The molecule has 0 radical (unpaired) electrons. The van der Waals surface area contributed by atoms with E-state index in [1.165, 1.54) is 0 Å². The van der Waals surface area contributed by atoms with Gasteiger partial charge in [-0.05, 0) is 17.7 Å². The SMILES string of the molecule is CN(CC1(O)CCOCC1)C(=O)Cc1ccc(S)cc1. The highest BCUT2D eigenvalue weighted by Crippen LogP contribution is 2.21. The average Bonchev–Trinajstić information content (AvgIpc) is 2.41. The van der Waals surface area contributed by atoms with Crippen molar-refractivity contribution < 1.29 is 14.6 Å². The van der Waals surface area contributed by atoms with Crippen LogP contribution in [0, 0.1) is 0 Å². The van der Waals surface area contributed by atoms with E-state index in [-0.39, 0.29) is 5.91 Å². The van der Waals surface area contributed by atoms with E-state index in [0.717, 1.165) is 10.5 Å². The predicted molar refractivity (Wildman–Crippen MR) is 80.0 cm³/mol. The summed E-state index contributed by atoms with van der Waals surface area (Å²) in [6, 6.07) is 7.55. The van der Waals surface area contributed by atoms with Crippen LogP contribution < -0.4 is 0 Å². The van der Waals surface area contributed by atoms with Gasteiger partial charge in [0.1, 0.15) is 0 Å². The number of rotatable bonds is 4. The first-order valence-corrected chi connectivity index (χ1v) is 7.25. The van der Waals surface area contributed by atoms with Crippen molar-refractivity contribution in [3.63, 3.8) is 0 Å². The van der Waals surface area contributed by atoms with E-state index >= 15 is 0 Å². The van der Waals surface area contributed by atoms with E-state index in [1.54, 1.807) is 11.9 Å². The summed E-state index contributed by atoms with van der Waals surface area (Å²) in [6.45, 7) is 1.48. The quantitative estimate of drug-likeness (QED) is 0.828. The zero-order chi connectivity index (χ0) is 14.6. The fourth-order valence-electron chi connectivity index (χ4n) is 2.36. The van der Waals surface area contributed by atoms with Gasteiger partial charge in [-0.2, -0.15) is 0 Å². The van der Waals surface area contributed by atoms with E-state index in [4.69, 9.17) is 4.74 Å². The van der Waals surface area contributed by atoms with E-state index in [2.05, 4.69) is 12.6 Å². The number of benzene rings is 1. The fourth-order valence-corrected chi connectivity index (χ4v) is 2.51. The number of carbonyl (C=O) groups is 1. The van der Waals surface area contributed by atoms with Crippen molar-refractivity contribution in [1.29, 1.82) is 0 Å². The molecule has 1 aliphatic rings. The third-order valence-electron chi connectivity index (χ3n) is 3.67. The predicted octanol–water partition coefficient (Wildman–Crippen LogP) is 1.52. The molecule has 20 heavy (non-hydrogen) atoms. The van der Waals surface area contributed by atoms with E-state index < -0.39 is 5.60 Å².